The van der Waals surface area contributed by atoms with Crippen molar-refractivity contribution in [1.29, 1.82) is 0 Å². The van der Waals surface area contributed by atoms with E-state index in [2.05, 4.69) is 12.2 Å². The van der Waals surface area contributed by atoms with Crippen LogP contribution in [0.1, 0.15) is 32.6 Å². The monoisotopic (exact) mass is 310 g/mol. The van der Waals surface area contributed by atoms with Gasteiger partial charge < -0.3 is 19.5 Å². The van der Waals surface area contributed by atoms with Crippen molar-refractivity contribution in [3.63, 3.8) is 0 Å². The molecule has 0 amide bonds. The fourth-order valence-electron chi connectivity index (χ4n) is 2.21. The number of aliphatic hydroxyl groups is 1. The van der Waals surface area contributed by atoms with E-state index in [1.165, 1.54) is 19.3 Å². The Bertz CT molecular complexity index is 344. The van der Waals surface area contributed by atoms with E-state index in [9.17, 15) is 18.1 Å². The summed E-state index contributed by atoms with van der Waals surface area (Å²) in [6, 6.07) is 0. The molecule has 0 rings (SSSR count). The van der Waals surface area contributed by atoms with Gasteiger partial charge in [-0.2, -0.15) is 0 Å². The Hall–Kier alpha value is -0.210. The highest BCUT2D eigenvalue weighted by Gasteiger charge is 2.21. The molecule has 0 aliphatic heterocycles. The van der Waals surface area contributed by atoms with Crippen LogP contribution in [-0.2, 0) is 10.1 Å². The lowest BCUT2D eigenvalue weighted by Crippen LogP contribution is -2.48. The molecule has 0 aromatic carbocycles. The number of unbranched alkanes of at least 4 members (excludes halogenated alkanes) is 2. The molecule has 0 saturated carbocycles. The van der Waals surface area contributed by atoms with Gasteiger partial charge in [0, 0.05) is 13.0 Å². The maximum absolute atomic E-state index is 10.6. The lowest BCUT2D eigenvalue weighted by atomic mass is 10.2. The van der Waals surface area contributed by atoms with Gasteiger partial charge in [-0.25, -0.2) is 8.42 Å². The Labute approximate surface area is 123 Å². The van der Waals surface area contributed by atoms with E-state index < -0.39 is 22.0 Å². The van der Waals surface area contributed by atoms with Crippen molar-refractivity contribution in [1.82, 2.24) is 5.32 Å². The topological polar surface area (TPSA) is 89.5 Å². The molecule has 0 aliphatic carbocycles. The van der Waals surface area contributed by atoms with Crippen molar-refractivity contribution in [2.45, 2.75) is 38.7 Å². The molecular weight excluding hydrogens is 280 g/mol. The molecule has 0 aromatic rings. The molecule has 1 atom stereocenters. The highest BCUT2D eigenvalue weighted by molar-refractivity contribution is 7.85. The zero-order valence-corrected chi connectivity index (χ0v) is 13.8. The first-order valence-electron chi connectivity index (χ1n) is 7.30. The van der Waals surface area contributed by atoms with Crippen molar-refractivity contribution >= 4 is 10.1 Å². The second-order valence-corrected chi connectivity index (χ2v) is 7.48. The van der Waals surface area contributed by atoms with Crippen LogP contribution in [0.25, 0.3) is 0 Å². The Morgan fingerprint density at radius 1 is 1.20 bits per heavy atom. The number of rotatable bonds is 12. The number of likely N-dealkylation sites (N-methyl/N-ethyl adjacent to an activating group) is 1. The normalized spacial score (nSPS) is 14.4. The first-order chi connectivity index (χ1) is 9.16. The lowest BCUT2D eigenvalue weighted by molar-refractivity contribution is -0.893. The molecule has 2 N–H and O–H groups in total. The van der Waals surface area contributed by atoms with Crippen LogP contribution in [0.3, 0.4) is 0 Å². The molecule has 7 heteroatoms. The van der Waals surface area contributed by atoms with E-state index in [-0.39, 0.29) is 6.54 Å². The Morgan fingerprint density at radius 3 is 2.35 bits per heavy atom. The third kappa shape index (κ3) is 12.8. The number of quaternary nitrogens is 1. The van der Waals surface area contributed by atoms with Crippen LogP contribution in [0.4, 0.5) is 0 Å². The smallest absolute Gasteiger partial charge is 0.116 e. The van der Waals surface area contributed by atoms with Gasteiger partial charge >= 0.3 is 0 Å². The van der Waals surface area contributed by atoms with Crippen molar-refractivity contribution in [2.75, 3.05) is 46.0 Å². The number of aliphatic hydroxyl groups excluding tert-OH is 1. The van der Waals surface area contributed by atoms with Crippen LogP contribution in [0.15, 0.2) is 0 Å². The SMILES string of the molecule is CCCCCNCCC[N+](C)(C)CC(O)CS(=O)(=O)[O-]. The quantitative estimate of drug-likeness (QED) is 0.304. The van der Waals surface area contributed by atoms with Crippen molar-refractivity contribution in [3.8, 4) is 0 Å². The van der Waals surface area contributed by atoms with Crippen LogP contribution in [-0.4, -0.2) is 74.7 Å². The molecule has 0 bridgehead atoms. The minimum absolute atomic E-state index is 0.275. The van der Waals surface area contributed by atoms with Crippen molar-refractivity contribution < 1.29 is 22.6 Å². The molecule has 0 saturated heterocycles. The Morgan fingerprint density at radius 2 is 1.80 bits per heavy atom. The second-order valence-electron chi connectivity index (χ2n) is 6.03. The maximum atomic E-state index is 10.6. The average Bonchev–Trinajstić information content (AvgIpc) is 2.24. The van der Waals surface area contributed by atoms with Gasteiger partial charge in [-0.15, -0.1) is 0 Å². The fourth-order valence-corrected chi connectivity index (χ4v) is 2.78. The molecule has 0 aliphatic rings. The van der Waals surface area contributed by atoms with Crippen LogP contribution in [0.5, 0.6) is 0 Å². The lowest BCUT2D eigenvalue weighted by Gasteiger charge is -2.32. The standard InChI is InChI=1S/C13H30N2O4S/c1-4-5-6-8-14-9-7-10-15(2,3)11-13(16)12-20(17,18)19/h13-14,16H,4-12H2,1-3H3. The van der Waals surface area contributed by atoms with Gasteiger partial charge in [0.25, 0.3) is 0 Å². The molecule has 0 radical (unpaired) electrons. The number of nitrogens with one attached hydrogen (secondary N) is 1. The number of hydrogen-bond donors (Lipinski definition) is 2. The second kappa shape index (κ2) is 9.68. The molecule has 20 heavy (non-hydrogen) atoms. The number of hydrogen-bond acceptors (Lipinski definition) is 5. The van der Waals surface area contributed by atoms with Crippen LogP contribution in [0, 0.1) is 0 Å². The highest BCUT2D eigenvalue weighted by atomic mass is 32.2. The highest BCUT2D eigenvalue weighted by Crippen LogP contribution is 2.03. The Balaban J connectivity index is 3.78. The van der Waals surface area contributed by atoms with Crippen LogP contribution < -0.4 is 5.32 Å². The first kappa shape index (κ1) is 19.8. The van der Waals surface area contributed by atoms with E-state index in [1.54, 1.807) is 0 Å². The molecule has 6 nitrogen and oxygen atoms in total. The average molecular weight is 310 g/mol. The molecule has 0 spiro atoms. The molecule has 0 fully saturated rings. The molecule has 0 heterocycles. The van der Waals surface area contributed by atoms with Crippen molar-refractivity contribution in [2.24, 2.45) is 0 Å². The van der Waals surface area contributed by atoms with E-state index in [4.69, 9.17) is 0 Å². The Kier molecular flexibility index (Phi) is 9.58. The van der Waals surface area contributed by atoms with Gasteiger partial charge in [0.15, 0.2) is 0 Å². The van der Waals surface area contributed by atoms with Gasteiger partial charge in [0.2, 0.25) is 0 Å². The summed E-state index contributed by atoms with van der Waals surface area (Å²) in [5.74, 6) is -0.704. The largest absolute Gasteiger partial charge is 0.748 e. The summed E-state index contributed by atoms with van der Waals surface area (Å²) in [4.78, 5) is 0. The third-order valence-electron chi connectivity index (χ3n) is 3.18. The van der Waals surface area contributed by atoms with Gasteiger partial charge in [0.1, 0.15) is 12.6 Å². The molecular formula is C13H30N2O4S. The third-order valence-corrected chi connectivity index (χ3v) is 3.97. The summed E-state index contributed by atoms with van der Waals surface area (Å²) in [5.41, 5.74) is 0. The summed E-state index contributed by atoms with van der Waals surface area (Å²) < 4.78 is 32.2. The minimum Gasteiger partial charge on any atom is -0.748 e. The summed E-state index contributed by atoms with van der Waals surface area (Å²) >= 11 is 0. The maximum Gasteiger partial charge on any atom is 0.116 e. The van der Waals surface area contributed by atoms with Gasteiger partial charge in [0.05, 0.1) is 36.5 Å². The van der Waals surface area contributed by atoms with E-state index in [0.29, 0.717) is 4.48 Å². The molecule has 122 valence electrons. The fraction of sp³-hybridized carbons (Fsp3) is 1.00. The summed E-state index contributed by atoms with van der Waals surface area (Å²) in [6.07, 6.45) is 3.51. The molecule has 1 unspecified atom stereocenters. The van der Waals surface area contributed by atoms with E-state index >= 15 is 0 Å². The molecule has 0 aromatic heterocycles. The van der Waals surface area contributed by atoms with Gasteiger partial charge in [-0.3, -0.25) is 0 Å². The first-order valence-corrected chi connectivity index (χ1v) is 8.88. The number of nitrogens with zero attached hydrogens (tertiary/aromatic N) is 1. The van der Waals surface area contributed by atoms with Crippen LogP contribution >= 0.6 is 0 Å². The van der Waals surface area contributed by atoms with E-state index in [0.717, 1.165) is 26.1 Å². The summed E-state index contributed by atoms with van der Waals surface area (Å²) in [6.45, 7) is 5.22. The summed E-state index contributed by atoms with van der Waals surface area (Å²) in [7, 11) is -0.500. The van der Waals surface area contributed by atoms with Gasteiger partial charge in [-0.05, 0) is 13.0 Å². The van der Waals surface area contributed by atoms with Crippen molar-refractivity contribution in [3.05, 3.63) is 0 Å². The zero-order valence-electron chi connectivity index (χ0n) is 13.0. The predicted octanol–water partition coefficient (Wildman–Crippen LogP) is 0.139. The predicted molar refractivity (Wildman–Crippen MR) is 79.4 cm³/mol. The van der Waals surface area contributed by atoms with Gasteiger partial charge in [-0.1, -0.05) is 19.8 Å². The van der Waals surface area contributed by atoms with Crippen LogP contribution in [0.2, 0.25) is 0 Å². The summed E-state index contributed by atoms with van der Waals surface area (Å²) in [5, 5.41) is 13.0. The van der Waals surface area contributed by atoms with E-state index in [1.807, 2.05) is 14.1 Å². The zero-order chi connectivity index (χ0) is 15.6. The minimum atomic E-state index is -4.36.